The summed E-state index contributed by atoms with van der Waals surface area (Å²) in [5.41, 5.74) is 4.02. The largest absolute Gasteiger partial charge is 0.417 e. The predicted molar refractivity (Wildman–Crippen MR) is 180 cm³/mol. The maximum Gasteiger partial charge on any atom is 0.417 e. The van der Waals surface area contributed by atoms with Gasteiger partial charge in [-0.25, -0.2) is 0 Å². The number of fused-ring (bicyclic) bond motifs is 4. The zero-order valence-electron chi connectivity index (χ0n) is 29.1. The number of alkyl halides is 3. The molecule has 10 heteroatoms. The van der Waals surface area contributed by atoms with Crippen LogP contribution in [-0.4, -0.2) is 48.7 Å². The van der Waals surface area contributed by atoms with Gasteiger partial charge in [0.1, 0.15) is 11.7 Å². The molecule has 2 aromatic rings. The molecule has 7 rings (SSSR count). The second-order valence-corrected chi connectivity index (χ2v) is 20.1. The van der Waals surface area contributed by atoms with Crippen molar-refractivity contribution in [2.75, 3.05) is 38.9 Å². The summed E-state index contributed by atoms with van der Waals surface area (Å²) in [6, 6.07) is 5.75. The predicted octanol–water partition coefficient (Wildman–Crippen LogP) is 9.19. The van der Waals surface area contributed by atoms with Crippen LogP contribution in [-0.2, 0) is 36.6 Å². The number of aromatic nitrogens is 1. The van der Waals surface area contributed by atoms with Crippen molar-refractivity contribution >= 4 is 10.3 Å². The van der Waals surface area contributed by atoms with Crippen molar-refractivity contribution in [2.45, 2.75) is 114 Å². The van der Waals surface area contributed by atoms with Crippen molar-refractivity contribution in [3.05, 3.63) is 63.0 Å². The molecular formula is C38H49F3N2O4S. The maximum absolute atomic E-state index is 13.9. The molecular weight excluding hydrogens is 637 g/mol. The lowest BCUT2D eigenvalue weighted by molar-refractivity contribution is -0.157. The number of benzene rings is 1. The number of halogens is 3. The first kappa shape index (κ1) is 34.3. The zero-order chi connectivity index (χ0) is 34.3. The van der Waals surface area contributed by atoms with Crippen molar-refractivity contribution in [1.29, 1.82) is 5.26 Å². The summed E-state index contributed by atoms with van der Waals surface area (Å²) in [5.74, 6) is 0.117. The third-order valence-electron chi connectivity index (χ3n) is 12.3. The van der Waals surface area contributed by atoms with E-state index < -0.39 is 39.3 Å². The van der Waals surface area contributed by atoms with E-state index >= 15 is 0 Å². The van der Waals surface area contributed by atoms with Gasteiger partial charge in [-0.2, -0.15) is 18.4 Å². The topological polar surface area (TPSA) is 73.6 Å². The Balaban J connectivity index is 1.50. The molecule has 2 saturated heterocycles. The smallest absolute Gasteiger partial charge is 0.381 e. The Morgan fingerprint density at radius 1 is 1.02 bits per heavy atom. The van der Waals surface area contributed by atoms with Gasteiger partial charge in [-0.1, -0.05) is 40.2 Å². The summed E-state index contributed by atoms with van der Waals surface area (Å²) in [7, 11) is -1.52. The second kappa shape index (κ2) is 12.0. The second-order valence-electron chi connectivity index (χ2n) is 16.2. The summed E-state index contributed by atoms with van der Waals surface area (Å²) in [6.07, 6.45) is 6.70. The summed E-state index contributed by atoms with van der Waals surface area (Å²) < 4.78 is 68.3. The molecule has 6 nitrogen and oxygen atoms in total. The van der Waals surface area contributed by atoms with Crippen LogP contribution in [0.1, 0.15) is 136 Å². The van der Waals surface area contributed by atoms with Crippen molar-refractivity contribution < 1.29 is 31.6 Å². The first-order valence-electron chi connectivity index (χ1n) is 17.5. The summed E-state index contributed by atoms with van der Waals surface area (Å²) in [4.78, 5) is 5.62. The first-order chi connectivity index (χ1) is 22.6. The van der Waals surface area contributed by atoms with Crippen molar-refractivity contribution in [3.8, 4) is 6.07 Å². The van der Waals surface area contributed by atoms with Crippen LogP contribution < -0.4 is 0 Å². The van der Waals surface area contributed by atoms with E-state index in [1.165, 1.54) is 31.4 Å². The van der Waals surface area contributed by atoms with Crippen LogP contribution in [0.25, 0.3) is 0 Å². The van der Waals surface area contributed by atoms with Gasteiger partial charge in [-0.05, 0) is 79.7 Å². The molecule has 1 aromatic carbocycles. The van der Waals surface area contributed by atoms with Crippen LogP contribution in [0.15, 0.2) is 18.2 Å². The maximum atomic E-state index is 13.9. The highest BCUT2D eigenvalue weighted by Gasteiger charge is 2.57. The van der Waals surface area contributed by atoms with Gasteiger partial charge in [-0.15, -0.1) is 10.3 Å². The average molecular weight is 687 g/mol. The molecule has 4 unspecified atom stereocenters. The number of nitriles is 1. The van der Waals surface area contributed by atoms with Gasteiger partial charge in [-0.3, -0.25) is 4.98 Å². The number of nitrogens with zero attached hydrogens (tertiary/aromatic N) is 2. The van der Waals surface area contributed by atoms with Crippen LogP contribution in [0.2, 0.25) is 0 Å². The Kier molecular flexibility index (Phi) is 8.55. The van der Waals surface area contributed by atoms with E-state index in [1.807, 2.05) is 6.07 Å². The Bertz CT molecular complexity index is 1620. The van der Waals surface area contributed by atoms with Gasteiger partial charge >= 0.3 is 6.18 Å². The van der Waals surface area contributed by atoms with Gasteiger partial charge in [0.05, 0.1) is 35.6 Å². The molecule has 262 valence electrons. The van der Waals surface area contributed by atoms with E-state index in [-0.39, 0.29) is 28.1 Å². The lowest BCUT2D eigenvalue weighted by Gasteiger charge is -2.53. The third kappa shape index (κ3) is 5.60. The van der Waals surface area contributed by atoms with Crippen molar-refractivity contribution in [1.82, 2.24) is 4.98 Å². The zero-order valence-corrected chi connectivity index (χ0v) is 29.9. The fourth-order valence-electron chi connectivity index (χ4n) is 8.70. The Morgan fingerprint density at radius 3 is 2.35 bits per heavy atom. The van der Waals surface area contributed by atoms with E-state index in [2.05, 4.69) is 40.2 Å². The molecule has 1 aromatic heterocycles. The third-order valence-corrected chi connectivity index (χ3v) is 15.9. The molecule has 0 amide bonds. The Labute approximate surface area is 284 Å². The Hall–Kier alpha value is -2.16. The molecule has 48 heavy (non-hydrogen) atoms. The molecule has 0 bridgehead atoms. The van der Waals surface area contributed by atoms with Crippen LogP contribution >= 0.6 is 10.3 Å². The molecule has 3 fully saturated rings. The highest BCUT2D eigenvalue weighted by atomic mass is 32.3. The number of hydrogen-bond donors (Lipinski definition) is 0. The van der Waals surface area contributed by atoms with E-state index in [4.69, 9.17) is 23.4 Å². The van der Waals surface area contributed by atoms with Crippen LogP contribution in [0.3, 0.4) is 0 Å². The lowest BCUT2D eigenvalue weighted by atomic mass is 9.58. The van der Waals surface area contributed by atoms with Gasteiger partial charge in [0.15, 0.2) is 0 Å². The summed E-state index contributed by atoms with van der Waals surface area (Å²) in [5, 5.41) is 9.88. The van der Waals surface area contributed by atoms with Crippen molar-refractivity contribution in [3.63, 3.8) is 0 Å². The molecule has 2 spiro atoms. The Morgan fingerprint density at radius 2 is 1.75 bits per heavy atom. The molecule has 4 heterocycles. The lowest BCUT2D eigenvalue weighted by Crippen LogP contribution is -2.45. The van der Waals surface area contributed by atoms with E-state index in [1.54, 1.807) is 0 Å². The van der Waals surface area contributed by atoms with Crippen LogP contribution in [0.5, 0.6) is 0 Å². The van der Waals surface area contributed by atoms with E-state index in [9.17, 15) is 18.4 Å². The number of rotatable bonds is 4. The van der Waals surface area contributed by atoms with Gasteiger partial charge in [0.25, 0.3) is 0 Å². The molecule has 0 N–H and O–H groups in total. The monoisotopic (exact) mass is 686 g/mol. The van der Waals surface area contributed by atoms with Crippen LogP contribution in [0, 0.1) is 22.7 Å². The number of hydrogen-bond acceptors (Lipinski definition) is 6. The van der Waals surface area contributed by atoms with Crippen molar-refractivity contribution in [2.24, 2.45) is 11.3 Å². The minimum atomic E-state index is -4.63. The molecule has 1 saturated carbocycles. The minimum Gasteiger partial charge on any atom is -0.381 e. The fourth-order valence-corrected chi connectivity index (χ4v) is 9.74. The van der Waals surface area contributed by atoms with Gasteiger partial charge in [0, 0.05) is 59.6 Å². The van der Waals surface area contributed by atoms with Crippen LogP contribution in [0.4, 0.5) is 13.2 Å². The number of ether oxygens (including phenoxy) is 3. The average Bonchev–Trinajstić information content (AvgIpc) is 3.35. The SMILES string of the molecule is CC1COCCC12OC(c1ccc(C(F)(F)F)c(C#N)c1)c1c(C3CCOCC3)nc3c(c12)C(OS(C)(C)C(C)(C)C)CC1(CCC1)C3. The standard InChI is InChI=1S/C38H49F3N2O4S/c1-23-22-45-17-14-37(23)32-30-28(19-36(12-7-13-36)20-29(30)47-48(5,6)35(2,3)4)43-33(24-10-15-44-16-11-24)31(32)34(46-37)25-8-9-27(38(39,40)41)26(18-25)21-42/h8-9,18,23-24,29,34H,7,10-17,19-20,22H2,1-6H3. The van der Waals surface area contributed by atoms with Gasteiger partial charge < -0.3 is 18.4 Å². The van der Waals surface area contributed by atoms with E-state index in [0.717, 1.165) is 59.8 Å². The highest BCUT2D eigenvalue weighted by molar-refractivity contribution is 8.29. The van der Waals surface area contributed by atoms with E-state index in [0.29, 0.717) is 38.4 Å². The minimum absolute atomic E-state index is 0.0165. The fraction of sp³-hybridized carbons (Fsp3) is 0.684. The quantitative estimate of drug-likeness (QED) is 0.319. The van der Waals surface area contributed by atoms with Gasteiger partial charge in [0.2, 0.25) is 0 Å². The summed E-state index contributed by atoms with van der Waals surface area (Å²) in [6.45, 7) is 11.2. The number of pyridine rings is 1. The normalized spacial score (nSPS) is 29.3. The highest BCUT2D eigenvalue weighted by Crippen LogP contribution is 2.65. The first-order valence-corrected chi connectivity index (χ1v) is 19.9. The molecule has 0 radical (unpaired) electrons. The molecule has 4 atom stereocenters. The molecule has 2 aliphatic carbocycles. The molecule has 5 aliphatic rings. The summed E-state index contributed by atoms with van der Waals surface area (Å²) >= 11 is 0. The molecule has 3 aliphatic heterocycles.